The van der Waals surface area contributed by atoms with Gasteiger partial charge in [-0.3, -0.25) is 25.0 Å². The molecule has 0 aliphatic carbocycles. The number of amides is 2. The van der Waals surface area contributed by atoms with Crippen LogP contribution in [0.25, 0.3) is 11.3 Å². The molecule has 1 aromatic carbocycles. The fourth-order valence-corrected chi connectivity index (χ4v) is 4.38. The first kappa shape index (κ1) is 19.1. The molecule has 3 aromatic heterocycles. The Bertz CT molecular complexity index is 1240. The number of nitrogens with one attached hydrogen (secondary N) is 2. The fourth-order valence-electron chi connectivity index (χ4n) is 3.36. The first-order valence-corrected chi connectivity index (χ1v) is 10.4. The molecule has 10 heteroatoms. The number of thiazole rings is 1. The molecular formula is C21H17N7O2S. The summed E-state index contributed by atoms with van der Waals surface area (Å²) in [6.07, 6.45) is 4.99. The van der Waals surface area contributed by atoms with Gasteiger partial charge in [0.25, 0.3) is 11.8 Å². The Labute approximate surface area is 181 Å². The number of carbonyl (C=O) groups is 2. The lowest BCUT2D eigenvalue weighted by molar-refractivity contribution is 0.0730. The first-order valence-electron chi connectivity index (χ1n) is 9.63. The minimum Gasteiger partial charge on any atom is -0.332 e. The van der Waals surface area contributed by atoms with Gasteiger partial charge in [0.2, 0.25) is 0 Å². The molecule has 0 saturated heterocycles. The summed E-state index contributed by atoms with van der Waals surface area (Å²) in [5.41, 5.74) is 3.25. The van der Waals surface area contributed by atoms with E-state index in [9.17, 15) is 9.59 Å². The highest BCUT2D eigenvalue weighted by atomic mass is 32.1. The second kappa shape index (κ2) is 8.07. The second-order valence-electron chi connectivity index (χ2n) is 6.94. The van der Waals surface area contributed by atoms with Crippen molar-refractivity contribution in [1.29, 1.82) is 0 Å². The lowest BCUT2D eigenvalue weighted by Gasteiger charge is -2.25. The van der Waals surface area contributed by atoms with E-state index in [1.54, 1.807) is 11.0 Å². The SMILES string of the molecule is O=C(Nc1nc2c(s1)CN(C(=O)c1cc(-c3ccccc3)n[nH]1)CC2)c1cnccn1. The molecule has 1 aliphatic rings. The van der Waals surface area contributed by atoms with Crippen LogP contribution in [0.3, 0.4) is 0 Å². The Balaban J connectivity index is 1.28. The predicted molar refractivity (Wildman–Crippen MR) is 115 cm³/mol. The summed E-state index contributed by atoms with van der Waals surface area (Å²) in [7, 11) is 0. The largest absolute Gasteiger partial charge is 0.332 e. The van der Waals surface area contributed by atoms with E-state index in [1.807, 2.05) is 30.3 Å². The maximum atomic E-state index is 13.0. The number of aromatic nitrogens is 5. The molecule has 2 N–H and O–H groups in total. The predicted octanol–water partition coefficient (Wildman–Crippen LogP) is 2.77. The lowest BCUT2D eigenvalue weighted by Crippen LogP contribution is -2.35. The molecule has 2 amide bonds. The van der Waals surface area contributed by atoms with Gasteiger partial charge in [-0.2, -0.15) is 5.10 Å². The maximum absolute atomic E-state index is 13.0. The Hall–Kier alpha value is -3.92. The molecule has 5 rings (SSSR count). The number of benzene rings is 1. The molecule has 31 heavy (non-hydrogen) atoms. The quantitative estimate of drug-likeness (QED) is 0.513. The van der Waals surface area contributed by atoms with E-state index in [2.05, 4.69) is 30.5 Å². The third-order valence-electron chi connectivity index (χ3n) is 4.91. The number of H-pyrrole nitrogens is 1. The topological polar surface area (TPSA) is 117 Å². The van der Waals surface area contributed by atoms with E-state index in [0.717, 1.165) is 21.8 Å². The number of hydrogen-bond acceptors (Lipinski definition) is 7. The fraction of sp³-hybridized carbons (Fsp3) is 0.143. The zero-order valence-electron chi connectivity index (χ0n) is 16.3. The Kier molecular flexibility index (Phi) is 4.97. The number of rotatable bonds is 4. The standard InChI is InChI=1S/C21H17N7O2S/c29-19(17-11-22-7-8-23-17)25-21-24-14-6-9-28(12-18(14)31-21)20(30)16-10-15(26-27-16)13-4-2-1-3-5-13/h1-5,7-8,10-11H,6,9,12H2,(H,26,27)(H,24,25,29). The highest BCUT2D eigenvalue weighted by Gasteiger charge is 2.26. The first-order chi connectivity index (χ1) is 15.2. The van der Waals surface area contributed by atoms with Crippen LogP contribution in [0.1, 0.15) is 31.5 Å². The monoisotopic (exact) mass is 431 g/mol. The molecule has 0 radical (unpaired) electrons. The van der Waals surface area contributed by atoms with Crippen LogP contribution < -0.4 is 5.32 Å². The Morgan fingerprint density at radius 1 is 1.16 bits per heavy atom. The average Bonchev–Trinajstić information content (AvgIpc) is 3.46. The molecule has 4 aromatic rings. The zero-order chi connectivity index (χ0) is 21.2. The molecule has 9 nitrogen and oxygen atoms in total. The minimum absolute atomic E-state index is 0.112. The number of nitrogens with zero attached hydrogens (tertiary/aromatic N) is 5. The van der Waals surface area contributed by atoms with Crippen LogP contribution in [-0.4, -0.2) is 48.4 Å². The van der Waals surface area contributed by atoms with E-state index in [1.165, 1.54) is 29.9 Å². The van der Waals surface area contributed by atoms with Crippen molar-refractivity contribution in [3.63, 3.8) is 0 Å². The van der Waals surface area contributed by atoms with Crippen LogP contribution in [-0.2, 0) is 13.0 Å². The van der Waals surface area contributed by atoms with Crippen LogP contribution in [0.15, 0.2) is 55.0 Å². The number of aromatic amines is 1. The van der Waals surface area contributed by atoms with Crippen molar-refractivity contribution < 1.29 is 9.59 Å². The summed E-state index contributed by atoms with van der Waals surface area (Å²) in [6.45, 7) is 0.985. The molecule has 0 saturated carbocycles. The van der Waals surface area contributed by atoms with E-state index < -0.39 is 0 Å². The highest BCUT2D eigenvalue weighted by molar-refractivity contribution is 7.15. The summed E-state index contributed by atoms with van der Waals surface area (Å²) in [4.78, 5) is 40.4. The van der Waals surface area contributed by atoms with Gasteiger partial charge in [-0.15, -0.1) is 0 Å². The summed E-state index contributed by atoms with van der Waals surface area (Å²) in [6, 6.07) is 11.5. The number of anilines is 1. The molecule has 0 fully saturated rings. The normalized spacial score (nSPS) is 13.0. The van der Waals surface area contributed by atoms with Gasteiger partial charge < -0.3 is 4.90 Å². The van der Waals surface area contributed by atoms with Crippen molar-refractivity contribution in [1.82, 2.24) is 30.0 Å². The van der Waals surface area contributed by atoms with Crippen molar-refractivity contribution in [2.45, 2.75) is 13.0 Å². The molecule has 1 aliphatic heterocycles. The summed E-state index contributed by atoms with van der Waals surface area (Å²) < 4.78 is 0. The van der Waals surface area contributed by atoms with Crippen LogP contribution in [0.2, 0.25) is 0 Å². The van der Waals surface area contributed by atoms with E-state index in [4.69, 9.17) is 0 Å². The van der Waals surface area contributed by atoms with Gasteiger partial charge in [-0.05, 0) is 6.07 Å². The van der Waals surface area contributed by atoms with Crippen molar-refractivity contribution >= 4 is 28.3 Å². The molecule has 0 spiro atoms. The lowest BCUT2D eigenvalue weighted by atomic mass is 10.1. The third kappa shape index (κ3) is 3.92. The van der Waals surface area contributed by atoms with Crippen molar-refractivity contribution in [2.75, 3.05) is 11.9 Å². The zero-order valence-corrected chi connectivity index (χ0v) is 17.1. The van der Waals surface area contributed by atoms with Gasteiger partial charge in [0.05, 0.1) is 24.1 Å². The number of carbonyl (C=O) groups excluding carboxylic acids is 2. The minimum atomic E-state index is -0.363. The van der Waals surface area contributed by atoms with Gasteiger partial charge in [0, 0.05) is 35.8 Å². The van der Waals surface area contributed by atoms with Crippen LogP contribution in [0, 0.1) is 0 Å². The van der Waals surface area contributed by atoms with Gasteiger partial charge in [0.1, 0.15) is 11.4 Å². The highest BCUT2D eigenvalue weighted by Crippen LogP contribution is 2.29. The molecular weight excluding hydrogens is 414 g/mol. The van der Waals surface area contributed by atoms with Gasteiger partial charge in [-0.25, -0.2) is 9.97 Å². The van der Waals surface area contributed by atoms with Gasteiger partial charge in [0.15, 0.2) is 5.13 Å². The van der Waals surface area contributed by atoms with Crippen LogP contribution >= 0.6 is 11.3 Å². The molecule has 0 bridgehead atoms. The second-order valence-corrected chi connectivity index (χ2v) is 8.03. The van der Waals surface area contributed by atoms with E-state index in [-0.39, 0.29) is 17.5 Å². The van der Waals surface area contributed by atoms with Crippen LogP contribution in [0.5, 0.6) is 0 Å². The number of hydrogen-bond donors (Lipinski definition) is 2. The van der Waals surface area contributed by atoms with Crippen molar-refractivity contribution in [3.05, 3.63) is 76.9 Å². The van der Waals surface area contributed by atoms with Gasteiger partial charge in [-0.1, -0.05) is 41.7 Å². The van der Waals surface area contributed by atoms with Gasteiger partial charge >= 0.3 is 0 Å². The molecule has 0 atom stereocenters. The molecule has 4 heterocycles. The third-order valence-corrected chi connectivity index (χ3v) is 5.91. The maximum Gasteiger partial charge on any atom is 0.277 e. The number of fused-ring (bicyclic) bond motifs is 1. The molecule has 154 valence electrons. The van der Waals surface area contributed by atoms with E-state index >= 15 is 0 Å². The van der Waals surface area contributed by atoms with Crippen molar-refractivity contribution in [2.24, 2.45) is 0 Å². The van der Waals surface area contributed by atoms with Crippen LogP contribution in [0.4, 0.5) is 5.13 Å². The summed E-state index contributed by atoms with van der Waals surface area (Å²) >= 11 is 1.37. The Morgan fingerprint density at radius 2 is 2.03 bits per heavy atom. The summed E-state index contributed by atoms with van der Waals surface area (Å²) in [5, 5.41) is 10.4. The molecule has 0 unspecified atom stereocenters. The Morgan fingerprint density at radius 3 is 2.84 bits per heavy atom. The smallest absolute Gasteiger partial charge is 0.277 e. The van der Waals surface area contributed by atoms with E-state index in [0.29, 0.717) is 30.3 Å². The summed E-state index contributed by atoms with van der Waals surface area (Å²) in [5.74, 6) is -0.475. The van der Waals surface area contributed by atoms with Crippen molar-refractivity contribution in [3.8, 4) is 11.3 Å². The average molecular weight is 431 g/mol.